The minimum atomic E-state index is -0.0343. The third-order valence-electron chi connectivity index (χ3n) is 7.76. The zero-order valence-electron chi connectivity index (χ0n) is 20.5. The molecule has 0 aromatic heterocycles. The average Bonchev–Trinajstić information content (AvgIpc) is 2.86. The van der Waals surface area contributed by atoms with Crippen LogP contribution in [-0.4, -0.2) is 77.9 Å². The van der Waals surface area contributed by atoms with E-state index in [4.69, 9.17) is 4.74 Å². The van der Waals surface area contributed by atoms with Crippen LogP contribution in [0.1, 0.15) is 58.8 Å². The van der Waals surface area contributed by atoms with Gasteiger partial charge in [-0.25, -0.2) is 0 Å². The summed E-state index contributed by atoms with van der Waals surface area (Å²) in [5, 5.41) is 0. The molecule has 2 atom stereocenters. The van der Waals surface area contributed by atoms with Gasteiger partial charge < -0.3 is 19.4 Å². The molecule has 1 aromatic carbocycles. The third-order valence-corrected chi connectivity index (χ3v) is 7.76. The van der Waals surface area contributed by atoms with Crippen molar-refractivity contribution in [3.63, 3.8) is 0 Å². The summed E-state index contributed by atoms with van der Waals surface area (Å²) in [6.45, 7) is 9.53. The third kappa shape index (κ3) is 6.28. The number of hydrogen-bond acceptors (Lipinski definition) is 4. The number of amides is 2. The van der Waals surface area contributed by atoms with E-state index in [1.807, 2.05) is 40.1 Å². The number of carbonyl (C=O) groups excluding carboxylic acids is 2. The molecule has 3 saturated heterocycles. The van der Waals surface area contributed by atoms with Crippen molar-refractivity contribution < 1.29 is 14.3 Å². The minimum absolute atomic E-state index is 0.0343. The molecule has 33 heavy (non-hydrogen) atoms. The Bertz CT molecular complexity index is 770. The number of piperidine rings is 3. The van der Waals surface area contributed by atoms with Gasteiger partial charge >= 0.3 is 0 Å². The first-order valence-corrected chi connectivity index (χ1v) is 13.0. The lowest BCUT2D eigenvalue weighted by atomic mass is 9.88. The molecule has 0 N–H and O–H groups in total. The van der Waals surface area contributed by atoms with Crippen LogP contribution in [0.25, 0.3) is 0 Å². The number of ether oxygens (including phenoxy) is 1. The van der Waals surface area contributed by atoms with E-state index in [-0.39, 0.29) is 29.8 Å². The second-order valence-electron chi connectivity index (χ2n) is 10.4. The maximum Gasteiger partial charge on any atom is 0.225 e. The molecule has 0 radical (unpaired) electrons. The Hall–Kier alpha value is -2.08. The topological polar surface area (TPSA) is 53.1 Å². The number of likely N-dealkylation sites (tertiary alicyclic amines) is 3. The Morgan fingerprint density at radius 2 is 1.61 bits per heavy atom. The molecule has 6 nitrogen and oxygen atoms in total. The van der Waals surface area contributed by atoms with E-state index in [0.717, 1.165) is 70.6 Å². The van der Waals surface area contributed by atoms with Gasteiger partial charge in [0.2, 0.25) is 11.8 Å². The van der Waals surface area contributed by atoms with Crippen molar-refractivity contribution in [3.05, 3.63) is 30.3 Å². The summed E-state index contributed by atoms with van der Waals surface area (Å²) in [7, 11) is 0. The van der Waals surface area contributed by atoms with Crippen LogP contribution in [0.2, 0.25) is 0 Å². The molecule has 0 bridgehead atoms. The van der Waals surface area contributed by atoms with E-state index in [1.165, 1.54) is 6.42 Å². The normalized spacial score (nSPS) is 25.3. The van der Waals surface area contributed by atoms with Crippen molar-refractivity contribution >= 4 is 11.8 Å². The summed E-state index contributed by atoms with van der Waals surface area (Å²) in [6.07, 6.45) is 6.50. The SMILES string of the molecule is CC(C)N1CCC(C(=O)N2CC[C@H](Oc3ccccc3)[C@@H](CC(=O)N3CCCCC3)C2)CC1. The van der Waals surface area contributed by atoms with Gasteiger partial charge in [0.15, 0.2) is 0 Å². The fraction of sp³-hybridized carbons (Fsp3) is 0.704. The van der Waals surface area contributed by atoms with E-state index >= 15 is 0 Å². The van der Waals surface area contributed by atoms with Gasteiger partial charge in [-0.15, -0.1) is 0 Å². The molecule has 3 aliphatic rings. The van der Waals surface area contributed by atoms with E-state index in [0.29, 0.717) is 19.0 Å². The van der Waals surface area contributed by atoms with E-state index in [9.17, 15) is 9.59 Å². The first-order valence-electron chi connectivity index (χ1n) is 13.0. The molecule has 3 aliphatic heterocycles. The van der Waals surface area contributed by atoms with Crippen LogP contribution in [0.5, 0.6) is 5.75 Å². The summed E-state index contributed by atoms with van der Waals surface area (Å²) in [6, 6.07) is 10.4. The molecular formula is C27H41N3O3. The molecule has 4 rings (SSSR count). The van der Waals surface area contributed by atoms with E-state index < -0.39 is 0 Å². The second-order valence-corrected chi connectivity index (χ2v) is 10.4. The van der Waals surface area contributed by atoms with Crippen LogP contribution in [0, 0.1) is 11.8 Å². The number of nitrogens with zero attached hydrogens (tertiary/aromatic N) is 3. The largest absolute Gasteiger partial charge is 0.490 e. The molecule has 0 saturated carbocycles. The van der Waals surface area contributed by atoms with Crippen LogP contribution in [0.15, 0.2) is 30.3 Å². The summed E-state index contributed by atoms with van der Waals surface area (Å²) < 4.78 is 6.35. The van der Waals surface area contributed by atoms with Crippen molar-refractivity contribution in [2.45, 2.75) is 70.9 Å². The van der Waals surface area contributed by atoms with Crippen LogP contribution in [0.3, 0.4) is 0 Å². The molecule has 0 spiro atoms. The summed E-state index contributed by atoms with van der Waals surface area (Å²) in [5.74, 6) is 1.50. The number of para-hydroxylation sites is 1. The van der Waals surface area contributed by atoms with E-state index in [1.54, 1.807) is 0 Å². The predicted octanol–water partition coefficient (Wildman–Crippen LogP) is 3.81. The molecule has 0 unspecified atom stereocenters. The molecule has 0 aliphatic carbocycles. The first-order chi connectivity index (χ1) is 16.0. The zero-order valence-corrected chi connectivity index (χ0v) is 20.5. The quantitative estimate of drug-likeness (QED) is 0.655. The smallest absolute Gasteiger partial charge is 0.225 e. The first kappa shape index (κ1) is 24.1. The Kier molecular flexibility index (Phi) is 8.29. The van der Waals surface area contributed by atoms with Crippen molar-refractivity contribution in [3.8, 4) is 5.75 Å². The monoisotopic (exact) mass is 455 g/mol. The van der Waals surface area contributed by atoms with E-state index in [2.05, 4.69) is 18.7 Å². The lowest BCUT2D eigenvalue weighted by Crippen LogP contribution is -2.52. The average molecular weight is 456 g/mol. The highest BCUT2D eigenvalue weighted by atomic mass is 16.5. The lowest BCUT2D eigenvalue weighted by molar-refractivity contribution is -0.143. The van der Waals surface area contributed by atoms with Crippen molar-refractivity contribution in [2.24, 2.45) is 11.8 Å². The summed E-state index contributed by atoms with van der Waals surface area (Å²) in [4.78, 5) is 33.0. The molecule has 6 heteroatoms. The molecule has 3 heterocycles. The van der Waals surface area contributed by atoms with Crippen molar-refractivity contribution in [2.75, 3.05) is 39.3 Å². The fourth-order valence-electron chi connectivity index (χ4n) is 5.65. The number of hydrogen-bond donors (Lipinski definition) is 0. The molecule has 182 valence electrons. The minimum Gasteiger partial charge on any atom is -0.490 e. The van der Waals surface area contributed by atoms with Gasteiger partial charge in [-0.2, -0.15) is 0 Å². The Morgan fingerprint density at radius 1 is 0.909 bits per heavy atom. The highest BCUT2D eigenvalue weighted by molar-refractivity contribution is 5.80. The highest BCUT2D eigenvalue weighted by Crippen LogP contribution is 2.29. The van der Waals surface area contributed by atoms with Crippen LogP contribution in [0.4, 0.5) is 0 Å². The van der Waals surface area contributed by atoms with Crippen LogP contribution < -0.4 is 4.74 Å². The molecule has 1 aromatic rings. The Morgan fingerprint density at radius 3 is 2.27 bits per heavy atom. The van der Waals surface area contributed by atoms with Gasteiger partial charge in [-0.3, -0.25) is 9.59 Å². The second kappa shape index (κ2) is 11.4. The van der Waals surface area contributed by atoms with Gasteiger partial charge in [-0.1, -0.05) is 18.2 Å². The number of carbonyl (C=O) groups is 2. The number of benzene rings is 1. The maximum absolute atomic E-state index is 13.4. The highest BCUT2D eigenvalue weighted by Gasteiger charge is 2.38. The van der Waals surface area contributed by atoms with Gasteiger partial charge in [0, 0.05) is 56.9 Å². The van der Waals surface area contributed by atoms with Gasteiger partial charge in [0.1, 0.15) is 11.9 Å². The summed E-state index contributed by atoms with van der Waals surface area (Å²) in [5.41, 5.74) is 0. The van der Waals surface area contributed by atoms with Crippen LogP contribution in [-0.2, 0) is 9.59 Å². The molecular weight excluding hydrogens is 414 g/mol. The van der Waals surface area contributed by atoms with Crippen molar-refractivity contribution in [1.82, 2.24) is 14.7 Å². The Balaban J connectivity index is 1.40. The zero-order chi connectivity index (χ0) is 23.2. The number of rotatable bonds is 6. The van der Waals surface area contributed by atoms with Crippen LogP contribution >= 0.6 is 0 Å². The van der Waals surface area contributed by atoms with Gasteiger partial charge in [0.25, 0.3) is 0 Å². The summed E-state index contributed by atoms with van der Waals surface area (Å²) >= 11 is 0. The lowest BCUT2D eigenvalue weighted by Gasteiger charge is -2.42. The standard InChI is InChI=1S/C27H41N3O3/c1-21(2)28-16-11-22(12-17-28)27(32)30-18-13-25(33-24-9-5-3-6-10-24)23(20-30)19-26(31)29-14-7-4-8-15-29/h3,5-6,9-10,21-23,25H,4,7-8,11-20H2,1-2H3/t23-,25-/m0/s1. The molecule has 2 amide bonds. The predicted molar refractivity (Wildman–Crippen MR) is 130 cm³/mol. The van der Waals surface area contributed by atoms with Gasteiger partial charge in [0.05, 0.1) is 0 Å². The molecule has 3 fully saturated rings. The van der Waals surface area contributed by atoms with Crippen molar-refractivity contribution in [1.29, 1.82) is 0 Å². The Labute approximate surface area is 199 Å². The van der Waals surface area contributed by atoms with Gasteiger partial charge in [-0.05, 0) is 71.2 Å². The fourth-order valence-corrected chi connectivity index (χ4v) is 5.65. The maximum atomic E-state index is 13.4.